The predicted octanol–water partition coefficient (Wildman–Crippen LogP) is 4.81. The third kappa shape index (κ3) is 5.85. The number of aromatic nitrogens is 1. The van der Waals surface area contributed by atoms with Crippen LogP contribution >= 0.6 is 0 Å². The molecule has 0 bridgehead atoms. The Morgan fingerprint density at radius 1 is 1.15 bits per heavy atom. The maximum absolute atomic E-state index is 15.6. The van der Waals surface area contributed by atoms with E-state index in [4.69, 9.17) is 4.74 Å². The highest BCUT2D eigenvalue weighted by atomic mass is 19.4. The Kier molecular flexibility index (Phi) is 7.64. The molecule has 1 aliphatic heterocycles. The van der Waals surface area contributed by atoms with Gasteiger partial charge >= 0.3 is 12.1 Å². The van der Waals surface area contributed by atoms with Gasteiger partial charge in [0.2, 0.25) is 5.43 Å². The lowest BCUT2D eigenvalue weighted by Crippen LogP contribution is -2.48. The van der Waals surface area contributed by atoms with Crippen LogP contribution in [0, 0.1) is 5.82 Å². The van der Waals surface area contributed by atoms with Gasteiger partial charge in [-0.2, -0.15) is 18.3 Å². The Morgan fingerprint density at radius 3 is 2.37 bits per heavy atom. The molecule has 3 aromatic rings. The normalized spacial score (nSPS) is 16.7. The lowest BCUT2D eigenvalue weighted by atomic mass is 10.1. The molecule has 1 aromatic heterocycles. The topological polar surface area (TPSA) is 99.4 Å². The van der Waals surface area contributed by atoms with Gasteiger partial charge in [-0.1, -0.05) is 0 Å². The van der Waals surface area contributed by atoms with E-state index in [9.17, 15) is 27.9 Å². The number of piperazine rings is 1. The molecule has 0 atom stereocenters. The molecule has 0 amide bonds. The fourth-order valence-corrected chi connectivity index (χ4v) is 5.11. The summed E-state index contributed by atoms with van der Waals surface area (Å²) in [4.78, 5) is 28.6. The number of alkyl halides is 3. The number of pyridine rings is 1. The molecule has 2 N–H and O–H groups in total. The number of carboxylic acid groups (broad SMARTS) is 1. The van der Waals surface area contributed by atoms with Crippen LogP contribution in [0.5, 0.6) is 5.75 Å². The largest absolute Gasteiger partial charge is 0.492 e. The van der Waals surface area contributed by atoms with Crippen LogP contribution in [0.25, 0.3) is 10.9 Å². The number of methoxy groups -OCH3 is 1. The van der Waals surface area contributed by atoms with E-state index in [2.05, 4.69) is 15.4 Å². The molecule has 5 rings (SSSR count). The van der Waals surface area contributed by atoms with Gasteiger partial charge in [0.25, 0.3) is 0 Å². The smallest absolute Gasteiger partial charge is 0.416 e. The van der Waals surface area contributed by atoms with Crippen molar-refractivity contribution in [1.29, 1.82) is 0 Å². The molecule has 1 aliphatic carbocycles. The van der Waals surface area contributed by atoms with Crippen molar-refractivity contribution in [1.82, 2.24) is 9.47 Å². The highest BCUT2D eigenvalue weighted by molar-refractivity contribution is 5.97. The number of ether oxygens (including phenoxy) is 1. The summed E-state index contributed by atoms with van der Waals surface area (Å²) in [6, 6.07) is 5.73. The van der Waals surface area contributed by atoms with Crippen LogP contribution in [0.4, 0.5) is 28.9 Å². The first-order valence-electron chi connectivity index (χ1n) is 13.1. The number of hydrogen-bond donors (Lipinski definition) is 2. The molecule has 1 saturated carbocycles. The van der Waals surface area contributed by atoms with Crippen molar-refractivity contribution in [3.8, 4) is 5.75 Å². The first-order valence-corrected chi connectivity index (χ1v) is 13.1. The van der Waals surface area contributed by atoms with Gasteiger partial charge < -0.3 is 19.3 Å². The lowest BCUT2D eigenvalue weighted by Gasteiger charge is -2.37. The molecule has 2 aliphatic rings. The van der Waals surface area contributed by atoms with Crippen molar-refractivity contribution in [3.05, 3.63) is 63.7 Å². The Bertz CT molecular complexity index is 1560. The maximum Gasteiger partial charge on any atom is 0.416 e. The number of aromatic carboxylic acids is 1. The average molecular weight is 576 g/mol. The molecule has 2 aromatic carbocycles. The second-order valence-electron chi connectivity index (χ2n) is 10.2. The van der Waals surface area contributed by atoms with Crippen molar-refractivity contribution in [2.45, 2.75) is 32.0 Å². The second-order valence-corrected chi connectivity index (χ2v) is 10.2. The third-order valence-electron chi connectivity index (χ3n) is 7.30. The van der Waals surface area contributed by atoms with E-state index in [1.165, 1.54) is 25.4 Å². The summed E-state index contributed by atoms with van der Waals surface area (Å²) in [5.41, 5.74) is 2.65. The summed E-state index contributed by atoms with van der Waals surface area (Å²) in [7, 11) is 1.41. The van der Waals surface area contributed by atoms with Crippen molar-refractivity contribution in [2.24, 2.45) is 5.10 Å². The summed E-state index contributed by atoms with van der Waals surface area (Å²) in [5.74, 6) is -1.82. The van der Waals surface area contributed by atoms with Crippen LogP contribution in [0.3, 0.4) is 0 Å². The van der Waals surface area contributed by atoms with E-state index in [1.54, 1.807) is 11.5 Å². The molecule has 218 valence electrons. The van der Waals surface area contributed by atoms with Gasteiger partial charge in [-0.15, -0.1) is 0 Å². The molecular weight excluding hydrogens is 546 g/mol. The minimum absolute atomic E-state index is 0.0127. The number of fused-ring (bicyclic) bond motifs is 1. The molecule has 13 heteroatoms. The number of hydrazone groups is 1. The van der Waals surface area contributed by atoms with E-state index in [0.717, 1.165) is 36.8 Å². The first-order chi connectivity index (χ1) is 19.5. The molecule has 0 spiro atoms. The number of anilines is 2. The van der Waals surface area contributed by atoms with Gasteiger partial charge in [0.15, 0.2) is 11.6 Å². The van der Waals surface area contributed by atoms with E-state index in [1.807, 2.05) is 4.90 Å². The minimum Gasteiger partial charge on any atom is -0.492 e. The molecule has 1 saturated heterocycles. The van der Waals surface area contributed by atoms with Crippen molar-refractivity contribution < 1.29 is 32.2 Å². The zero-order chi connectivity index (χ0) is 29.5. The van der Waals surface area contributed by atoms with Crippen LogP contribution in [0.1, 0.15) is 41.7 Å². The summed E-state index contributed by atoms with van der Waals surface area (Å²) in [6.07, 6.45) is -1.44. The predicted molar refractivity (Wildman–Crippen MR) is 147 cm³/mol. The Balaban J connectivity index is 1.31. The Hall–Kier alpha value is -4.13. The standard InChI is InChI=1S/C28H29F4N5O4/c1-16(33-34-18-5-3-17(4-6-18)28(30,31)32)14-35-9-11-36(12-10-35)24-22(29)13-20-23(26(24)41-2)37(19-7-8-19)15-21(25(20)38)27(39)40/h3-6,13,15,19,34H,7-12,14H2,1-2H3,(H,39,40)/b33-16+. The first kappa shape index (κ1) is 28.4. The zero-order valence-electron chi connectivity index (χ0n) is 22.5. The number of halogens is 4. The number of carboxylic acids is 1. The molecule has 9 nitrogen and oxygen atoms in total. The van der Waals surface area contributed by atoms with Crippen molar-refractivity contribution in [3.63, 3.8) is 0 Å². The lowest BCUT2D eigenvalue weighted by molar-refractivity contribution is -0.137. The van der Waals surface area contributed by atoms with Crippen LogP contribution in [-0.4, -0.2) is 66.1 Å². The average Bonchev–Trinajstić information content (AvgIpc) is 3.77. The monoisotopic (exact) mass is 575 g/mol. The van der Waals surface area contributed by atoms with Gasteiger partial charge in [-0.3, -0.25) is 15.1 Å². The second kappa shape index (κ2) is 11.0. The van der Waals surface area contributed by atoms with Gasteiger partial charge in [-0.05, 0) is 50.1 Å². The van der Waals surface area contributed by atoms with Crippen molar-refractivity contribution >= 4 is 34.0 Å². The Labute approximate surface area is 232 Å². The molecule has 2 fully saturated rings. The third-order valence-corrected chi connectivity index (χ3v) is 7.30. The number of hydrogen-bond acceptors (Lipinski definition) is 7. The molecule has 0 unspecified atom stereocenters. The van der Waals surface area contributed by atoms with Crippen molar-refractivity contribution in [2.75, 3.05) is 50.2 Å². The number of nitrogens with one attached hydrogen (secondary N) is 1. The summed E-state index contributed by atoms with van der Waals surface area (Å²) in [6.45, 7) is 4.36. The minimum atomic E-state index is -4.40. The van der Waals surface area contributed by atoms with Crippen LogP contribution in [-0.2, 0) is 6.18 Å². The number of rotatable bonds is 8. The summed E-state index contributed by atoms with van der Waals surface area (Å²) < 4.78 is 61.2. The fraction of sp³-hybridized carbons (Fsp3) is 0.393. The summed E-state index contributed by atoms with van der Waals surface area (Å²) >= 11 is 0. The molecule has 41 heavy (non-hydrogen) atoms. The van der Waals surface area contributed by atoms with Crippen LogP contribution < -0.4 is 20.5 Å². The quantitative estimate of drug-likeness (QED) is 0.226. The van der Waals surface area contributed by atoms with Gasteiger partial charge in [0.05, 0.1) is 29.3 Å². The number of nitrogens with zero attached hydrogens (tertiary/aromatic N) is 4. The van der Waals surface area contributed by atoms with E-state index in [0.29, 0.717) is 43.9 Å². The molecule has 2 heterocycles. The Morgan fingerprint density at radius 2 is 1.80 bits per heavy atom. The highest BCUT2D eigenvalue weighted by Gasteiger charge is 2.32. The van der Waals surface area contributed by atoms with E-state index in [-0.39, 0.29) is 22.9 Å². The highest BCUT2D eigenvalue weighted by Crippen LogP contribution is 2.43. The van der Waals surface area contributed by atoms with Gasteiger partial charge in [0.1, 0.15) is 11.3 Å². The molecule has 0 radical (unpaired) electrons. The number of benzene rings is 2. The molecular formula is C28H29F4N5O4. The van der Waals surface area contributed by atoms with E-state index < -0.39 is 34.5 Å². The van der Waals surface area contributed by atoms with E-state index >= 15 is 4.39 Å². The van der Waals surface area contributed by atoms with Crippen LogP contribution in [0.15, 0.2) is 46.4 Å². The summed E-state index contributed by atoms with van der Waals surface area (Å²) in [5, 5.41) is 13.8. The zero-order valence-corrected chi connectivity index (χ0v) is 22.5. The number of carbonyl (C=O) groups is 1. The SMILES string of the molecule is COc1c(N2CCN(C/C(C)=N/Nc3ccc(C(F)(F)F)cc3)CC2)c(F)cc2c(=O)c(C(=O)O)cn(C3CC3)c12. The fourth-order valence-electron chi connectivity index (χ4n) is 5.11. The van der Waals surface area contributed by atoms with Gasteiger partial charge in [-0.25, -0.2) is 9.18 Å². The maximum atomic E-state index is 15.6. The van der Waals surface area contributed by atoms with Crippen LogP contribution in [0.2, 0.25) is 0 Å². The van der Waals surface area contributed by atoms with Gasteiger partial charge in [0, 0.05) is 50.7 Å².